The van der Waals surface area contributed by atoms with Gasteiger partial charge in [-0.1, -0.05) is 11.6 Å². The quantitative estimate of drug-likeness (QED) is 0.817. The largest absolute Gasteiger partial charge is 0.506 e. The highest BCUT2D eigenvalue weighted by Crippen LogP contribution is 2.30. The number of piperazine rings is 1. The summed E-state index contributed by atoms with van der Waals surface area (Å²) in [5.41, 5.74) is 0.746. The molecule has 1 aliphatic heterocycles. The number of rotatable bonds is 4. The van der Waals surface area contributed by atoms with Gasteiger partial charge in [-0.05, 0) is 11.6 Å². The predicted molar refractivity (Wildman–Crippen MR) is 88.0 cm³/mol. The normalized spacial score (nSPS) is 17.0. The lowest BCUT2D eigenvalue weighted by atomic mass is 10.1. The van der Waals surface area contributed by atoms with Crippen LogP contribution >= 0.6 is 11.6 Å². The number of phenolic OH excluding ortho intramolecular Hbond substituents is 1. The third kappa shape index (κ3) is 3.67. The molecule has 1 fully saturated rings. The van der Waals surface area contributed by atoms with Crippen molar-refractivity contribution in [2.45, 2.75) is 6.54 Å². The average molecular weight is 339 g/mol. The molecule has 0 spiro atoms. The molecule has 6 nitrogen and oxygen atoms in total. The number of aliphatic hydroxyl groups is 1. The summed E-state index contributed by atoms with van der Waals surface area (Å²) < 4.78 is 5.15. The van der Waals surface area contributed by atoms with Gasteiger partial charge in [0.25, 0.3) is 0 Å². The number of nitrogens with zero attached hydrogens (tertiary/aromatic N) is 2. The first kappa shape index (κ1) is 16.3. The zero-order valence-corrected chi connectivity index (χ0v) is 13.4. The Hall–Kier alpha value is -1.60. The molecule has 2 aromatic rings. The minimum Gasteiger partial charge on any atom is -0.506 e. The summed E-state index contributed by atoms with van der Waals surface area (Å²) in [4.78, 5) is 16.2. The Morgan fingerprint density at radius 1 is 1.13 bits per heavy atom. The minimum atomic E-state index is -0.437. The van der Waals surface area contributed by atoms with E-state index >= 15 is 0 Å². The molecule has 23 heavy (non-hydrogen) atoms. The van der Waals surface area contributed by atoms with Crippen LogP contribution in [0.3, 0.4) is 0 Å². The number of benzene rings is 1. The van der Waals surface area contributed by atoms with E-state index in [4.69, 9.17) is 21.1 Å². The number of phenols is 1. The van der Waals surface area contributed by atoms with Gasteiger partial charge in [-0.25, -0.2) is 4.79 Å². The maximum atomic E-state index is 11.7. The van der Waals surface area contributed by atoms with E-state index in [-0.39, 0.29) is 17.4 Å². The molecule has 0 saturated carbocycles. The molecular formula is C16H19ClN2O4. The van der Waals surface area contributed by atoms with Gasteiger partial charge in [0, 0.05) is 56.8 Å². The number of fused-ring (bicyclic) bond motifs is 1. The average Bonchev–Trinajstić information content (AvgIpc) is 2.51. The van der Waals surface area contributed by atoms with E-state index in [1.807, 2.05) is 0 Å². The second-order valence-corrected chi connectivity index (χ2v) is 6.14. The van der Waals surface area contributed by atoms with Gasteiger partial charge in [0.1, 0.15) is 11.3 Å². The van der Waals surface area contributed by atoms with Gasteiger partial charge >= 0.3 is 5.63 Å². The van der Waals surface area contributed by atoms with E-state index in [2.05, 4.69) is 9.80 Å². The van der Waals surface area contributed by atoms with Gasteiger partial charge in [0.2, 0.25) is 0 Å². The molecule has 0 amide bonds. The van der Waals surface area contributed by atoms with Crippen molar-refractivity contribution in [3.8, 4) is 5.75 Å². The lowest BCUT2D eigenvalue weighted by Gasteiger charge is -2.34. The molecule has 0 unspecified atom stereocenters. The molecular weight excluding hydrogens is 320 g/mol. The molecule has 2 N–H and O–H groups in total. The predicted octanol–water partition coefficient (Wildman–Crippen LogP) is 1.26. The number of hydrogen-bond acceptors (Lipinski definition) is 6. The Morgan fingerprint density at radius 2 is 1.83 bits per heavy atom. The van der Waals surface area contributed by atoms with Gasteiger partial charge in [-0.2, -0.15) is 0 Å². The molecule has 3 rings (SSSR count). The highest BCUT2D eigenvalue weighted by molar-refractivity contribution is 6.32. The zero-order valence-electron chi connectivity index (χ0n) is 12.7. The SMILES string of the molecule is O=c1cc(CN2CCN(CCO)CC2)c2cc(Cl)c(O)cc2o1. The van der Waals surface area contributed by atoms with Crippen LogP contribution in [-0.2, 0) is 6.54 Å². The Labute approximate surface area is 138 Å². The van der Waals surface area contributed by atoms with E-state index in [1.165, 1.54) is 12.1 Å². The minimum absolute atomic E-state index is 0.0999. The topological polar surface area (TPSA) is 77.2 Å². The monoisotopic (exact) mass is 338 g/mol. The molecule has 1 aromatic carbocycles. The highest BCUT2D eigenvalue weighted by Gasteiger charge is 2.18. The summed E-state index contributed by atoms with van der Waals surface area (Å²) in [5.74, 6) is -0.0999. The van der Waals surface area contributed by atoms with Crippen molar-refractivity contribution in [3.05, 3.63) is 39.2 Å². The summed E-state index contributed by atoms with van der Waals surface area (Å²) in [7, 11) is 0. The van der Waals surface area contributed by atoms with Crippen molar-refractivity contribution < 1.29 is 14.6 Å². The van der Waals surface area contributed by atoms with Crippen molar-refractivity contribution in [3.63, 3.8) is 0 Å². The number of halogens is 1. The van der Waals surface area contributed by atoms with Gasteiger partial charge < -0.3 is 14.6 Å². The summed E-state index contributed by atoms with van der Waals surface area (Å²) in [6, 6.07) is 4.49. The molecule has 0 aliphatic carbocycles. The fourth-order valence-corrected chi connectivity index (χ4v) is 3.08. The Bertz CT molecular complexity index is 754. The number of aromatic hydroxyl groups is 1. The maximum Gasteiger partial charge on any atom is 0.336 e. The van der Waals surface area contributed by atoms with Crippen LogP contribution in [0.25, 0.3) is 11.0 Å². The van der Waals surface area contributed by atoms with Crippen LogP contribution in [-0.4, -0.2) is 59.3 Å². The smallest absolute Gasteiger partial charge is 0.336 e. The Kier molecular flexibility index (Phi) is 4.87. The van der Waals surface area contributed by atoms with Crippen molar-refractivity contribution in [1.29, 1.82) is 0 Å². The van der Waals surface area contributed by atoms with Crippen molar-refractivity contribution >= 4 is 22.6 Å². The first-order chi connectivity index (χ1) is 11.1. The van der Waals surface area contributed by atoms with Crippen LogP contribution in [0, 0.1) is 0 Å². The van der Waals surface area contributed by atoms with Crippen molar-refractivity contribution in [2.24, 2.45) is 0 Å². The molecule has 1 aliphatic rings. The lowest BCUT2D eigenvalue weighted by Crippen LogP contribution is -2.46. The summed E-state index contributed by atoms with van der Waals surface area (Å²) >= 11 is 5.98. The molecule has 2 heterocycles. The molecule has 124 valence electrons. The molecule has 0 radical (unpaired) electrons. The number of aliphatic hydroxyl groups excluding tert-OH is 1. The number of hydrogen-bond donors (Lipinski definition) is 2. The van der Waals surface area contributed by atoms with Crippen LogP contribution in [0.1, 0.15) is 5.56 Å². The summed E-state index contributed by atoms with van der Waals surface area (Å²) in [5, 5.41) is 19.6. The van der Waals surface area contributed by atoms with Crippen LogP contribution < -0.4 is 5.63 Å². The van der Waals surface area contributed by atoms with Crippen molar-refractivity contribution in [1.82, 2.24) is 9.80 Å². The standard InChI is InChI=1S/C16H19ClN2O4/c17-13-8-12-11(7-16(22)23-15(12)9-14(13)21)10-19-3-1-18(2-4-19)5-6-20/h7-9,20-21H,1-6,10H2. The molecule has 1 aromatic heterocycles. The third-order valence-electron chi connectivity index (χ3n) is 4.17. The second-order valence-electron chi connectivity index (χ2n) is 5.73. The van der Waals surface area contributed by atoms with Gasteiger partial charge in [-0.3, -0.25) is 9.80 Å². The first-order valence-electron chi connectivity index (χ1n) is 7.57. The first-order valence-corrected chi connectivity index (χ1v) is 7.95. The Balaban J connectivity index is 1.83. The van der Waals surface area contributed by atoms with E-state index < -0.39 is 5.63 Å². The summed E-state index contributed by atoms with van der Waals surface area (Å²) in [6.07, 6.45) is 0. The Morgan fingerprint density at radius 3 is 2.52 bits per heavy atom. The molecule has 0 atom stereocenters. The number of β-amino-alcohol motifs (C(OH)–C–C–N with tert-alkyl or cyclic N) is 1. The second kappa shape index (κ2) is 6.88. The van der Waals surface area contributed by atoms with E-state index in [1.54, 1.807) is 6.07 Å². The van der Waals surface area contributed by atoms with Gasteiger partial charge in [-0.15, -0.1) is 0 Å². The van der Waals surface area contributed by atoms with E-state index in [0.29, 0.717) is 18.7 Å². The molecule has 1 saturated heterocycles. The van der Waals surface area contributed by atoms with Gasteiger partial charge in [0.05, 0.1) is 11.6 Å². The van der Waals surface area contributed by atoms with Crippen LogP contribution in [0.2, 0.25) is 5.02 Å². The third-order valence-corrected chi connectivity index (χ3v) is 4.48. The maximum absolute atomic E-state index is 11.7. The summed E-state index contributed by atoms with van der Waals surface area (Å²) in [6.45, 7) is 5.01. The van der Waals surface area contributed by atoms with Crippen LogP contribution in [0.5, 0.6) is 5.75 Å². The molecule has 7 heteroatoms. The van der Waals surface area contributed by atoms with E-state index in [9.17, 15) is 9.90 Å². The lowest BCUT2D eigenvalue weighted by molar-refractivity contribution is 0.108. The van der Waals surface area contributed by atoms with E-state index in [0.717, 1.165) is 37.1 Å². The van der Waals surface area contributed by atoms with Crippen molar-refractivity contribution in [2.75, 3.05) is 39.3 Å². The highest BCUT2D eigenvalue weighted by atomic mass is 35.5. The fourth-order valence-electron chi connectivity index (χ4n) is 2.92. The molecule has 0 bridgehead atoms. The van der Waals surface area contributed by atoms with Crippen LogP contribution in [0.4, 0.5) is 0 Å². The fraction of sp³-hybridized carbons (Fsp3) is 0.438. The van der Waals surface area contributed by atoms with Crippen LogP contribution in [0.15, 0.2) is 27.4 Å². The zero-order chi connectivity index (χ0) is 16.4. The van der Waals surface area contributed by atoms with Gasteiger partial charge in [0.15, 0.2) is 0 Å².